The zero-order chi connectivity index (χ0) is 14.9. The van der Waals surface area contributed by atoms with Gasteiger partial charge in [0.1, 0.15) is 12.2 Å². The van der Waals surface area contributed by atoms with Crippen molar-refractivity contribution < 1.29 is 32.9 Å². The lowest BCUT2D eigenvalue weighted by molar-refractivity contribution is 0.0689. The van der Waals surface area contributed by atoms with Gasteiger partial charge >= 0.3 is 5.97 Å². The van der Waals surface area contributed by atoms with Crippen LogP contribution in [0, 0.1) is 0 Å². The number of aromatic carboxylic acids is 1. The molecule has 1 fully saturated rings. The number of aliphatic hydroxyl groups excluding tert-OH is 1. The van der Waals surface area contributed by atoms with Gasteiger partial charge in [0.2, 0.25) is 0 Å². The van der Waals surface area contributed by atoms with Crippen LogP contribution in [-0.4, -0.2) is 55.4 Å². The number of hydrogen-bond donors (Lipinski definition) is 2. The second-order valence-corrected chi connectivity index (χ2v) is 6.63. The van der Waals surface area contributed by atoms with Crippen molar-refractivity contribution in [2.75, 3.05) is 18.6 Å². The molecule has 0 amide bonds. The molecule has 0 aliphatic carbocycles. The fourth-order valence-electron chi connectivity index (χ4n) is 1.97. The zero-order valence-electron chi connectivity index (χ0n) is 10.6. The molecule has 8 heteroatoms. The minimum atomic E-state index is -3.32. The van der Waals surface area contributed by atoms with E-state index in [9.17, 15) is 18.3 Å². The Morgan fingerprint density at radius 1 is 1.30 bits per heavy atom. The summed E-state index contributed by atoms with van der Waals surface area (Å²) >= 11 is 0. The summed E-state index contributed by atoms with van der Waals surface area (Å²) in [7, 11) is -1.97. The van der Waals surface area contributed by atoms with Crippen molar-refractivity contribution in [1.29, 1.82) is 0 Å². The molecular weight excluding hydrogens is 288 g/mol. The average molecular weight is 302 g/mol. The summed E-state index contributed by atoms with van der Waals surface area (Å²) < 4.78 is 33.2. The average Bonchev–Trinajstić information content (AvgIpc) is 2.62. The summed E-state index contributed by atoms with van der Waals surface area (Å²) in [5.41, 5.74) is 0.0220. The molecule has 0 spiro atoms. The lowest BCUT2D eigenvalue weighted by Crippen LogP contribution is -2.29. The maximum Gasteiger partial charge on any atom is 0.335 e. The number of carbonyl (C=O) groups is 1. The van der Waals surface area contributed by atoms with Crippen molar-refractivity contribution in [3.05, 3.63) is 23.8 Å². The molecule has 1 heterocycles. The van der Waals surface area contributed by atoms with Crippen molar-refractivity contribution >= 4 is 15.8 Å². The van der Waals surface area contributed by atoms with Crippen LogP contribution in [0.1, 0.15) is 10.4 Å². The van der Waals surface area contributed by atoms with E-state index in [0.717, 1.165) is 0 Å². The van der Waals surface area contributed by atoms with Crippen LogP contribution in [0.2, 0.25) is 0 Å². The molecule has 2 N–H and O–H groups in total. The Kier molecular flexibility index (Phi) is 3.87. The van der Waals surface area contributed by atoms with Gasteiger partial charge in [-0.3, -0.25) is 0 Å². The number of carboxylic acids is 1. The molecule has 7 nitrogen and oxygen atoms in total. The molecule has 0 radical (unpaired) electrons. The summed E-state index contributed by atoms with van der Waals surface area (Å²) in [4.78, 5) is 10.8. The van der Waals surface area contributed by atoms with Gasteiger partial charge in [-0.15, -0.1) is 0 Å². The fraction of sp³-hybridized carbons (Fsp3) is 0.417. The first kappa shape index (κ1) is 14.6. The normalized spacial score (nSPS) is 24.3. The van der Waals surface area contributed by atoms with Crippen molar-refractivity contribution in [2.24, 2.45) is 0 Å². The summed E-state index contributed by atoms with van der Waals surface area (Å²) in [5.74, 6) is -1.37. The van der Waals surface area contributed by atoms with Gasteiger partial charge in [-0.25, -0.2) is 13.2 Å². The largest absolute Gasteiger partial charge is 0.493 e. The van der Waals surface area contributed by atoms with Crippen LogP contribution < -0.4 is 9.47 Å². The molecule has 2 rings (SSSR count). The molecule has 2 atom stereocenters. The monoisotopic (exact) mass is 302 g/mol. The van der Waals surface area contributed by atoms with E-state index in [1.807, 2.05) is 0 Å². The topological polar surface area (TPSA) is 110 Å². The molecule has 1 aromatic rings. The van der Waals surface area contributed by atoms with Crippen LogP contribution in [0.15, 0.2) is 18.2 Å². The quantitative estimate of drug-likeness (QED) is 0.801. The summed E-state index contributed by atoms with van der Waals surface area (Å²) in [5, 5.41) is 18.5. The minimum Gasteiger partial charge on any atom is -0.493 e. The number of ether oxygens (including phenoxy) is 2. The second-order valence-electron chi connectivity index (χ2n) is 4.47. The van der Waals surface area contributed by atoms with Crippen LogP contribution >= 0.6 is 0 Å². The van der Waals surface area contributed by atoms with Gasteiger partial charge < -0.3 is 19.7 Å². The number of aliphatic hydroxyl groups is 1. The van der Waals surface area contributed by atoms with E-state index < -0.39 is 28.0 Å². The number of methoxy groups -OCH3 is 1. The molecule has 2 unspecified atom stereocenters. The first-order chi connectivity index (χ1) is 9.32. The van der Waals surface area contributed by atoms with Crippen LogP contribution in [0.25, 0.3) is 0 Å². The molecule has 0 aromatic heterocycles. The molecule has 20 heavy (non-hydrogen) atoms. The molecule has 1 saturated heterocycles. The van der Waals surface area contributed by atoms with Gasteiger partial charge in [0.05, 0.1) is 24.2 Å². The third-order valence-electron chi connectivity index (χ3n) is 2.96. The van der Waals surface area contributed by atoms with Gasteiger partial charge in [-0.1, -0.05) is 0 Å². The van der Waals surface area contributed by atoms with E-state index in [0.29, 0.717) is 0 Å². The van der Waals surface area contributed by atoms with Gasteiger partial charge in [0.15, 0.2) is 21.3 Å². The zero-order valence-corrected chi connectivity index (χ0v) is 11.5. The highest BCUT2D eigenvalue weighted by molar-refractivity contribution is 7.91. The van der Waals surface area contributed by atoms with E-state index in [4.69, 9.17) is 14.6 Å². The number of sulfone groups is 1. The number of hydrogen-bond acceptors (Lipinski definition) is 6. The van der Waals surface area contributed by atoms with Crippen molar-refractivity contribution in [2.45, 2.75) is 12.2 Å². The molecule has 110 valence electrons. The Balaban J connectivity index is 2.24. The first-order valence-electron chi connectivity index (χ1n) is 5.79. The highest BCUT2D eigenvalue weighted by Crippen LogP contribution is 2.31. The van der Waals surface area contributed by atoms with E-state index in [1.54, 1.807) is 0 Å². The Hall–Kier alpha value is -1.80. The van der Waals surface area contributed by atoms with E-state index in [-0.39, 0.29) is 28.6 Å². The van der Waals surface area contributed by atoms with Crippen LogP contribution in [0.3, 0.4) is 0 Å². The Morgan fingerprint density at radius 3 is 2.50 bits per heavy atom. The van der Waals surface area contributed by atoms with E-state index >= 15 is 0 Å². The standard InChI is InChI=1S/C12H14O7S/c1-18-10-4-7(12(14)15)2-3-9(10)19-11-6-20(16,17)5-8(11)13/h2-4,8,11,13H,5-6H2,1H3,(H,14,15). The maximum absolute atomic E-state index is 11.4. The minimum absolute atomic E-state index is 0.0220. The molecule has 0 bridgehead atoms. The lowest BCUT2D eigenvalue weighted by atomic mass is 10.2. The highest BCUT2D eigenvalue weighted by Gasteiger charge is 2.38. The predicted octanol–water partition coefficient (Wildman–Crippen LogP) is -0.0699. The van der Waals surface area contributed by atoms with Crippen LogP contribution in [0.4, 0.5) is 0 Å². The number of carboxylic acid groups (broad SMARTS) is 1. The van der Waals surface area contributed by atoms with Crippen LogP contribution in [-0.2, 0) is 9.84 Å². The summed E-state index contributed by atoms with van der Waals surface area (Å²) in [6, 6.07) is 3.96. The molecule has 0 saturated carbocycles. The molecular formula is C12H14O7S. The van der Waals surface area contributed by atoms with E-state index in [1.165, 1.54) is 25.3 Å². The van der Waals surface area contributed by atoms with Crippen LogP contribution in [0.5, 0.6) is 11.5 Å². The van der Waals surface area contributed by atoms with Crippen molar-refractivity contribution in [3.8, 4) is 11.5 Å². The van der Waals surface area contributed by atoms with Crippen molar-refractivity contribution in [3.63, 3.8) is 0 Å². The first-order valence-corrected chi connectivity index (χ1v) is 7.61. The Bertz CT molecular complexity index is 623. The van der Waals surface area contributed by atoms with Gasteiger partial charge in [-0.05, 0) is 18.2 Å². The lowest BCUT2D eigenvalue weighted by Gasteiger charge is -2.18. The number of benzene rings is 1. The molecule has 1 aliphatic rings. The Labute approximate surface area is 115 Å². The summed E-state index contributed by atoms with van der Waals surface area (Å²) in [6.07, 6.45) is -1.99. The Morgan fingerprint density at radius 2 is 2.00 bits per heavy atom. The SMILES string of the molecule is COc1cc(C(=O)O)ccc1OC1CS(=O)(=O)CC1O. The van der Waals surface area contributed by atoms with E-state index in [2.05, 4.69) is 0 Å². The third-order valence-corrected chi connectivity index (χ3v) is 4.65. The number of rotatable bonds is 4. The second kappa shape index (κ2) is 5.29. The third kappa shape index (κ3) is 3.02. The fourth-order valence-corrected chi connectivity index (χ4v) is 3.63. The predicted molar refractivity (Wildman–Crippen MR) is 69.0 cm³/mol. The highest BCUT2D eigenvalue weighted by atomic mass is 32.2. The van der Waals surface area contributed by atoms with Crippen molar-refractivity contribution in [1.82, 2.24) is 0 Å². The van der Waals surface area contributed by atoms with Gasteiger partial charge in [0, 0.05) is 0 Å². The summed E-state index contributed by atoms with van der Waals surface area (Å²) in [6.45, 7) is 0. The van der Waals surface area contributed by atoms with Gasteiger partial charge in [-0.2, -0.15) is 0 Å². The van der Waals surface area contributed by atoms with Gasteiger partial charge in [0.25, 0.3) is 0 Å². The maximum atomic E-state index is 11.4. The smallest absolute Gasteiger partial charge is 0.335 e. The molecule has 1 aromatic carbocycles. The molecule has 1 aliphatic heterocycles.